The Hall–Kier alpha value is -1.36. The van der Waals surface area contributed by atoms with Crippen LogP contribution in [0.25, 0.3) is 10.9 Å². The average molecular weight is 252 g/mol. The summed E-state index contributed by atoms with van der Waals surface area (Å²) in [4.78, 5) is 4.47. The number of hydrogen-bond acceptors (Lipinski definition) is 4. The first-order valence-electron chi connectivity index (χ1n) is 5.21. The van der Waals surface area contributed by atoms with Gasteiger partial charge in [-0.15, -0.1) is 0 Å². The minimum atomic E-state index is 0.441. The standard InChI is InChI=1S/C12H14ClN3O/c1-7-3-9-11(5-10(7)13)15-8(6-17-2)4-12(9)16-14/h3-5H,6,14H2,1-2H3,(H,15,16). The maximum absolute atomic E-state index is 6.09. The fourth-order valence-corrected chi connectivity index (χ4v) is 1.91. The summed E-state index contributed by atoms with van der Waals surface area (Å²) in [5.41, 5.74) is 6.12. The van der Waals surface area contributed by atoms with Gasteiger partial charge in [0.1, 0.15) is 0 Å². The van der Waals surface area contributed by atoms with Gasteiger partial charge in [0.05, 0.1) is 23.5 Å². The van der Waals surface area contributed by atoms with E-state index in [1.807, 2.05) is 25.1 Å². The van der Waals surface area contributed by atoms with E-state index < -0.39 is 0 Å². The van der Waals surface area contributed by atoms with Gasteiger partial charge in [-0.25, -0.2) is 0 Å². The fourth-order valence-electron chi connectivity index (χ4n) is 1.75. The third kappa shape index (κ3) is 2.34. The lowest BCUT2D eigenvalue weighted by atomic mass is 10.1. The number of nitrogens with two attached hydrogens (primary N) is 1. The van der Waals surface area contributed by atoms with Crippen LogP contribution in [-0.4, -0.2) is 12.1 Å². The van der Waals surface area contributed by atoms with Crippen LogP contribution in [0.15, 0.2) is 18.2 Å². The zero-order valence-corrected chi connectivity index (χ0v) is 10.5. The van der Waals surface area contributed by atoms with Gasteiger partial charge >= 0.3 is 0 Å². The minimum Gasteiger partial charge on any atom is -0.378 e. The molecule has 0 saturated heterocycles. The van der Waals surface area contributed by atoms with Gasteiger partial charge < -0.3 is 10.2 Å². The summed E-state index contributed by atoms with van der Waals surface area (Å²) in [6, 6.07) is 5.68. The zero-order valence-electron chi connectivity index (χ0n) is 9.75. The molecule has 17 heavy (non-hydrogen) atoms. The highest BCUT2D eigenvalue weighted by Crippen LogP contribution is 2.28. The third-order valence-electron chi connectivity index (χ3n) is 2.59. The number of ether oxygens (including phenoxy) is 1. The molecule has 1 aromatic carbocycles. The number of rotatable bonds is 3. The molecular formula is C12H14ClN3O. The van der Waals surface area contributed by atoms with Crippen LogP contribution in [0, 0.1) is 6.92 Å². The Bertz CT molecular complexity index is 557. The van der Waals surface area contributed by atoms with Gasteiger partial charge in [-0.2, -0.15) is 0 Å². The van der Waals surface area contributed by atoms with Crippen molar-refractivity contribution in [3.8, 4) is 0 Å². The van der Waals surface area contributed by atoms with Gasteiger partial charge in [0.25, 0.3) is 0 Å². The second-order valence-corrected chi connectivity index (χ2v) is 4.26. The number of pyridine rings is 1. The molecule has 0 aliphatic rings. The van der Waals surface area contributed by atoms with Gasteiger partial charge in [-0.05, 0) is 30.7 Å². The number of nitrogens with one attached hydrogen (secondary N) is 1. The number of nitrogens with zero attached hydrogens (tertiary/aromatic N) is 1. The van der Waals surface area contributed by atoms with Crippen molar-refractivity contribution in [1.29, 1.82) is 0 Å². The summed E-state index contributed by atoms with van der Waals surface area (Å²) in [6.45, 7) is 2.39. The lowest BCUT2D eigenvalue weighted by Crippen LogP contribution is -2.08. The normalized spacial score (nSPS) is 10.8. The van der Waals surface area contributed by atoms with Crippen LogP contribution >= 0.6 is 11.6 Å². The monoisotopic (exact) mass is 251 g/mol. The summed E-state index contributed by atoms with van der Waals surface area (Å²) in [5, 5.41) is 1.65. The Morgan fingerprint density at radius 2 is 2.18 bits per heavy atom. The van der Waals surface area contributed by atoms with E-state index in [4.69, 9.17) is 22.2 Å². The molecule has 90 valence electrons. The number of benzene rings is 1. The first-order valence-corrected chi connectivity index (χ1v) is 5.59. The van der Waals surface area contributed by atoms with E-state index in [0.717, 1.165) is 27.8 Å². The summed E-state index contributed by atoms with van der Waals surface area (Å²) in [6.07, 6.45) is 0. The van der Waals surface area contributed by atoms with Crippen molar-refractivity contribution in [2.75, 3.05) is 12.5 Å². The van der Waals surface area contributed by atoms with E-state index in [0.29, 0.717) is 11.6 Å². The molecule has 0 atom stereocenters. The largest absolute Gasteiger partial charge is 0.378 e. The van der Waals surface area contributed by atoms with Crippen molar-refractivity contribution < 1.29 is 4.74 Å². The molecule has 1 aromatic heterocycles. The molecule has 2 rings (SSSR count). The number of methoxy groups -OCH3 is 1. The maximum atomic E-state index is 6.09. The Morgan fingerprint density at radius 1 is 1.41 bits per heavy atom. The first-order chi connectivity index (χ1) is 8.15. The lowest BCUT2D eigenvalue weighted by Gasteiger charge is -2.10. The number of aromatic nitrogens is 1. The van der Waals surface area contributed by atoms with Gasteiger partial charge in [-0.1, -0.05) is 11.6 Å². The van der Waals surface area contributed by atoms with E-state index in [9.17, 15) is 0 Å². The zero-order chi connectivity index (χ0) is 12.4. The molecular weight excluding hydrogens is 238 g/mol. The SMILES string of the molecule is COCc1cc(NN)c2cc(C)c(Cl)cc2n1. The molecule has 4 nitrogen and oxygen atoms in total. The molecule has 0 fully saturated rings. The Morgan fingerprint density at radius 3 is 2.82 bits per heavy atom. The second kappa shape index (κ2) is 4.87. The van der Waals surface area contributed by atoms with Crippen molar-refractivity contribution in [1.82, 2.24) is 4.98 Å². The second-order valence-electron chi connectivity index (χ2n) is 3.86. The fraction of sp³-hybridized carbons (Fsp3) is 0.250. The summed E-state index contributed by atoms with van der Waals surface area (Å²) in [7, 11) is 1.63. The predicted molar refractivity (Wildman–Crippen MR) is 70.0 cm³/mol. The van der Waals surface area contributed by atoms with Gasteiger partial charge in [0, 0.05) is 17.5 Å². The smallest absolute Gasteiger partial charge is 0.0885 e. The van der Waals surface area contributed by atoms with Gasteiger partial charge in [0.15, 0.2) is 0 Å². The highest BCUT2D eigenvalue weighted by Gasteiger charge is 2.07. The van der Waals surface area contributed by atoms with Crippen LogP contribution in [0.5, 0.6) is 0 Å². The van der Waals surface area contributed by atoms with Crippen molar-refractivity contribution in [2.45, 2.75) is 13.5 Å². The van der Waals surface area contributed by atoms with Gasteiger partial charge in [-0.3, -0.25) is 10.8 Å². The molecule has 3 N–H and O–H groups in total. The van der Waals surface area contributed by atoms with Crippen molar-refractivity contribution in [3.05, 3.63) is 34.5 Å². The van der Waals surface area contributed by atoms with Crippen LogP contribution in [0.3, 0.4) is 0 Å². The maximum Gasteiger partial charge on any atom is 0.0885 e. The van der Waals surface area contributed by atoms with Crippen LogP contribution in [-0.2, 0) is 11.3 Å². The highest BCUT2D eigenvalue weighted by molar-refractivity contribution is 6.32. The summed E-state index contributed by atoms with van der Waals surface area (Å²) < 4.78 is 5.07. The lowest BCUT2D eigenvalue weighted by molar-refractivity contribution is 0.182. The summed E-state index contributed by atoms with van der Waals surface area (Å²) >= 11 is 6.09. The van der Waals surface area contributed by atoms with Crippen molar-refractivity contribution >= 4 is 28.2 Å². The molecule has 0 amide bonds. The number of aryl methyl sites for hydroxylation is 1. The van der Waals surface area contributed by atoms with E-state index in [-0.39, 0.29) is 0 Å². The number of hydrazine groups is 1. The van der Waals surface area contributed by atoms with Crippen LogP contribution in [0.1, 0.15) is 11.3 Å². The van der Waals surface area contributed by atoms with Crippen molar-refractivity contribution in [3.63, 3.8) is 0 Å². The predicted octanol–water partition coefficient (Wildman–Crippen LogP) is 2.63. The summed E-state index contributed by atoms with van der Waals surface area (Å²) in [5.74, 6) is 5.52. The number of fused-ring (bicyclic) bond motifs is 1. The molecule has 5 heteroatoms. The number of hydrogen-bond donors (Lipinski definition) is 2. The third-order valence-corrected chi connectivity index (χ3v) is 3.00. The quantitative estimate of drug-likeness (QED) is 0.650. The van der Waals surface area contributed by atoms with Crippen LogP contribution in [0.2, 0.25) is 5.02 Å². The Labute approximate surface area is 105 Å². The molecule has 0 saturated carbocycles. The molecule has 2 aromatic rings. The Balaban J connectivity index is 2.68. The Kier molecular flexibility index (Phi) is 3.47. The molecule has 0 radical (unpaired) electrons. The topological polar surface area (TPSA) is 60.2 Å². The number of halogens is 1. The average Bonchev–Trinajstić information content (AvgIpc) is 2.31. The molecule has 0 aliphatic heterocycles. The van der Waals surface area contributed by atoms with Crippen LogP contribution in [0.4, 0.5) is 5.69 Å². The number of nitrogen functional groups attached to an aromatic ring is 1. The van der Waals surface area contributed by atoms with Crippen molar-refractivity contribution in [2.24, 2.45) is 5.84 Å². The number of anilines is 1. The molecule has 0 spiro atoms. The van der Waals surface area contributed by atoms with E-state index in [1.54, 1.807) is 7.11 Å². The molecule has 0 aliphatic carbocycles. The van der Waals surface area contributed by atoms with Gasteiger partial charge in [0.2, 0.25) is 0 Å². The molecule has 1 heterocycles. The van der Waals surface area contributed by atoms with E-state index in [2.05, 4.69) is 10.4 Å². The van der Waals surface area contributed by atoms with E-state index >= 15 is 0 Å². The van der Waals surface area contributed by atoms with Crippen LogP contribution < -0.4 is 11.3 Å². The molecule has 0 bridgehead atoms. The van der Waals surface area contributed by atoms with E-state index in [1.165, 1.54) is 0 Å². The highest BCUT2D eigenvalue weighted by atomic mass is 35.5. The molecule has 0 unspecified atom stereocenters. The first kappa shape index (κ1) is 12.1. The minimum absolute atomic E-state index is 0.441.